The Balaban J connectivity index is 1.90. The fourth-order valence-corrected chi connectivity index (χ4v) is 3.49. The lowest BCUT2D eigenvalue weighted by atomic mass is 10.1. The molecule has 1 aliphatic heterocycles. The Bertz CT molecular complexity index is 577. The van der Waals surface area contributed by atoms with E-state index in [1.165, 1.54) is 0 Å². The minimum atomic E-state index is -0.477. The summed E-state index contributed by atoms with van der Waals surface area (Å²) in [5.41, 5.74) is 0.141. The van der Waals surface area contributed by atoms with Gasteiger partial charge in [0.15, 0.2) is 6.61 Å². The van der Waals surface area contributed by atoms with Gasteiger partial charge in [0.05, 0.1) is 11.7 Å². The summed E-state index contributed by atoms with van der Waals surface area (Å²) in [5, 5.41) is 2.76. The smallest absolute Gasteiger partial charge is 0.339 e. The minimum Gasteiger partial charge on any atom is -0.452 e. The van der Waals surface area contributed by atoms with Crippen molar-refractivity contribution in [3.63, 3.8) is 0 Å². The normalized spacial score (nSPS) is 17.5. The highest BCUT2D eigenvalue weighted by Crippen LogP contribution is 2.27. The van der Waals surface area contributed by atoms with Crippen LogP contribution in [0.15, 0.2) is 29.2 Å². The average Bonchev–Trinajstić information content (AvgIpc) is 3.02. The first kappa shape index (κ1) is 18.8. The van der Waals surface area contributed by atoms with Crippen molar-refractivity contribution >= 4 is 23.6 Å². The monoisotopic (exact) mass is 351 g/mol. The zero-order valence-electron chi connectivity index (χ0n) is 14.5. The molecule has 1 fully saturated rings. The molecule has 5 nitrogen and oxygen atoms in total. The molecule has 2 rings (SSSR count). The van der Waals surface area contributed by atoms with Crippen LogP contribution in [0.1, 0.15) is 44.0 Å². The molecular formula is C18H25NO4S. The van der Waals surface area contributed by atoms with E-state index < -0.39 is 5.97 Å². The van der Waals surface area contributed by atoms with Gasteiger partial charge >= 0.3 is 5.97 Å². The maximum atomic E-state index is 12.3. The number of hydrogen-bond donors (Lipinski definition) is 1. The van der Waals surface area contributed by atoms with E-state index in [4.69, 9.17) is 9.47 Å². The number of esters is 1. The van der Waals surface area contributed by atoms with E-state index in [-0.39, 0.29) is 24.2 Å². The van der Waals surface area contributed by atoms with Crippen LogP contribution in [0.4, 0.5) is 0 Å². The highest BCUT2D eigenvalue weighted by Gasteiger charge is 2.20. The topological polar surface area (TPSA) is 64.6 Å². The van der Waals surface area contributed by atoms with Crippen LogP contribution in [0.25, 0.3) is 0 Å². The number of carbonyl (C=O) groups is 2. The summed E-state index contributed by atoms with van der Waals surface area (Å²) in [6, 6.07) is 7.30. The second kappa shape index (κ2) is 8.53. The zero-order valence-corrected chi connectivity index (χ0v) is 15.3. The van der Waals surface area contributed by atoms with Crippen molar-refractivity contribution < 1.29 is 19.1 Å². The fourth-order valence-electron chi connectivity index (χ4n) is 2.38. The van der Waals surface area contributed by atoms with Crippen LogP contribution in [0, 0.1) is 0 Å². The highest BCUT2D eigenvalue weighted by atomic mass is 32.2. The van der Waals surface area contributed by atoms with Crippen LogP contribution in [-0.4, -0.2) is 42.5 Å². The second-order valence-corrected chi connectivity index (χ2v) is 7.88. The van der Waals surface area contributed by atoms with Gasteiger partial charge in [0.25, 0.3) is 5.91 Å². The van der Waals surface area contributed by atoms with Crippen molar-refractivity contribution in [3.8, 4) is 0 Å². The number of nitrogens with one attached hydrogen (secondary N) is 1. The van der Waals surface area contributed by atoms with E-state index in [1.54, 1.807) is 23.9 Å². The lowest BCUT2D eigenvalue weighted by Crippen LogP contribution is -2.42. The van der Waals surface area contributed by atoms with Crippen molar-refractivity contribution in [2.24, 2.45) is 0 Å². The van der Waals surface area contributed by atoms with Crippen molar-refractivity contribution in [2.75, 3.05) is 19.0 Å². The Morgan fingerprint density at radius 3 is 2.75 bits per heavy atom. The molecule has 0 saturated carbocycles. The molecule has 0 spiro atoms. The van der Waals surface area contributed by atoms with E-state index in [0.29, 0.717) is 5.56 Å². The van der Waals surface area contributed by atoms with Gasteiger partial charge in [-0.25, -0.2) is 4.79 Å². The van der Waals surface area contributed by atoms with Crippen LogP contribution >= 0.6 is 11.8 Å². The average molecular weight is 351 g/mol. The number of amides is 1. The minimum absolute atomic E-state index is 0.247. The molecule has 0 bridgehead atoms. The van der Waals surface area contributed by atoms with E-state index in [0.717, 1.165) is 30.1 Å². The summed E-state index contributed by atoms with van der Waals surface area (Å²) in [5.74, 6) is 0.0317. The molecular weight excluding hydrogens is 326 g/mol. The van der Waals surface area contributed by atoms with Crippen LogP contribution in [0.3, 0.4) is 0 Å². The van der Waals surface area contributed by atoms with E-state index in [1.807, 2.05) is 32.9 Å². The number of rotatable bonds is 6. The lowest BCUT2D eigenvalue weighted by molar-refractivity contribution is -0.125. The standard InChI is InChI=1S/C18H25NO4S/c1-18(2,3)19-16(20)11-23-17(21)14-8-4-5-9-15(14)24-12-13-7-6-10-22-13/h4-5,8-9,13H,6-7,10-12H2,1-3H3,(H,19,20). The molecule has 0 aromatic heterocycles. The second-order valence-electron chi connectivity index (χ2n) is 6.82. The largest absolute Gasteiger partial charge is 0.452 e. The number of carbonyl (C=O) groups excluding carboxylic acids is 2. The van der Waals surface area contributed by atoms with Crippen molar-refractivity contribution in [2.45, 2.75) is 50.2 Å². The van der Waals surface area contributed by atoms with Gasteiger partial charge in [0.1, 0.15) is 0 Å². The molecule has 1 unspecified atom stereocenters. The maximum absolute atomic E-state index is 12.3. The fraction of sp³-hybridized carbons (Fsp3) is 0.556. The summed E-state index contributed by atoms with van der Waals surface area (Å²) >= 11 is 1.59. The quantitative estimate of drug-likeness (QED) is 0.630. The Hall–Kier alpha value is -1.53. The number of ether oxygens (including phenoxy) is 2. The van der Waals surface area contributed by atoms with Crippen LogP contribution in [-0.2, 0) is 14.3 Å². The van der Waals surface area contributed by atoms with Crippen LogP contribution in [0.2, 0.25) is 0 Å². The van der Waals surface area contributed by atoms with E-state index in [2.05, 4.69) is 5.32 Å². The van der Waals surface area contributed by atoms with Gasteiger partial charge < -0.3 is 14.8 Å². The predicted molar refractivity (Wildman–Crippen MR) is 94.3 cm³/mol. The summed E-state index contributed by atoms with van der Waals surface area (Å²) in [6.45, 7) is 6.18. The van der Waals surface area contributed by atoms with Gasteiger partial charge in [-0.3, -0.25) is 4.79 Å². The van der Waals surface area contributed by atoms with Gasteiger partial charge in [-0.1, -0.05) is 12.1 Å². The summed E-state index contributed by atoms with van der Waals surface area (Å²) in [6.07, 6.45) is 2.40. The molecule has 1 aliphatic rings. The summed E-state index contributed by atoms with van der Waals surface area (Å²) in [7, 11) is 0. The molecule has 6 heteroatoms. The van der Waals surface area contributed by atoms with E-state index in [9.17, 15) is 9.59 Å². The predicted octanol–water partition coefficient (Wildman–Crippen LogP) is 3.03. The molecule has 1 aromatic rings. The Morgan fingerprint density at radius 2 is 2.08 bits per heavy atom. The Morgan fingerprint density at radius 1 is 1.33 bits per heavy atom. The third-order valence-electron chi connectivity index (χ3n) is 3.40. The third kappa shape index (κ3) is 6.17. The molecule has 1 saturated heterocycles. The molecule has 1 heterocycles. The first-order chi connectivity index (χ1) is 11.3. The number of hydrogen-bond acceptors (Lipinski definition) is 5. The first-order valence-electron chi connectivity index (χ1n) is 8.17. The SMILES string of the molecule is CC(C)(C)NC(=O)COC(=O)c1ccccc1SCC1CCCO1. The van der Waals surface area contributed by atoms with Gasteiger partial charge in [-0.15, -0.1) is 11.8 Å². The van der Waals surface area contributed by atoms with Crippen LogP contribution in [0.5, 0.6) is 0 Å². The van der Waals surface area contributed by atoms with Crippen molar-refractivity contribution in [1.29, 1.82) is 0 Å². The molecule has 0 aliphatic carbocycles. The number of benzene rings is 1. The van der Waals surface area contributed by atoms with Gasteiger partial charge in [0.2, 0.25) is 0 Å². The molecule has 1 atom stereocenters. The molecule has 1 N–H and O–H groups in total. The molecule has 1 aromatic carbocycles. The van der Waals surface area contributed by atoms with Gasteiger partial charge in [-0.2, -0.15) is 0 Å². The Kier molecular flexibility index (Phi) is 6.69. The van der Waals surface area contributed by atoms with Crippen molar-refractivity contribution in [3.05, 3.63) is 29.8 Å². The highest BCUT2D eigenvalue weighted by molar-refractivity contribution is 7.99. The summed E-state index contributed by atoms with van der Waals surface area (Å²) < 4.78 is 10.8. The molecule has 1 amide bonds. The molecule has 132 valence electrons. The molecule has 0 radical (unpaired) electrons. The van der Waals surface area contributed by atoms with Gasteiger partial charge in [0, 0.05) is 22.8 Å². The summed E-state index contributed by atoms with van der Waals surface area (Å²) in [4.78, 5) is 24.9. The van der Waals surface area contributed by atoms with Crippen LogP contribution < -0.4 is 5.32 Å². The molecule has 24 heavy (non-hydrogen) atoms. The first-order valence-corrected chi connectivity index (χ1v) is 9.15. The van der Waals surface area contributed by atoms with Gasteiger partial charge in [-0.05, 0) is 45.7 Å². The number of thioether (sulfide) groups is 1. The lowest BCUT2D eigenvalue weighted by Gasteiger charge is -2.20. The maximum Gasteiger partial charge on any atom is 0.339 e. The third-order valence-corrected chi connectivity index (χ3v) is 4.61. The van der Waals surface area contributed by atoms with Crippen molar-refractivity contribution in [1.82, 2.24) is 5.32 Å². The Labute approximate surface area is 147 Å². The van der Waals surface area contributed by atoms with E-state index >= 15 is 0 Å². The zero-order chi connectivity index (χ0) is 17.6.